The molecule has 0 amide bonds. The van der Waals surface area contributed by atoms with Gasteiger partial charge in [-0.25, -0.2) is 4.98 Å². The van der Waals surface area contributed by atoms with Crippen molar-refractivity contribution in [2.24, 2.45) is 0 Å². The van der Waals surface area contributed by atoms with Gasteiger partial charge >= 0.3 is 0 Å². The molecule has 2 rings (SSSR count). The fraction of sp³-hybridized carbons (Fsp3) is 0.400. The lowest BCUT2D eigenvalue weighted by Crippen LogP contribution is -2.01. The lowest BCUT2D eigenvalue weighted by Gasteiger charge is -2.12. The average Bonchev–Trinajstić information content (AvgIpc) is 2.85. The van der Waals surface area contributed by atoms with Crippen LogP contribution in [0.3, 0.4) is 0 Å². The third-order valence-electron chi connectivity index (χ3n) is 2.81. The first-order valence-corrected chi connectivity index (χ1v) is 7.41. The number of hydrogen-bond donors (Lipinski definition) is 1. The molecule has 3 nitrogen and oxygen atoms in total. The number of rotatable bonds is 6. The molecule has 0 saturated carbocycles. The molecule has 1 atom stereocenters. The molecular weight excluding hydrogens is 258 g/mol. The van der Waals surface area contributed by atoms with Crippen LogP contribution in [0.5, 0.6) is 5.75 Å². The van der Waals surface area contributed by atoms with Crippen LogP contribution in [-0.2, 0) is 13.0 Å². The summed E-state index contributed by atoms with van der Waals surface area (Å²) in [7, 11) is 0. The highest BCUT2D eigenvalue weighted by Gasteiger charge is 2.09. The van der Waals surface area contributed by atoms with Gasteiger partial charge in [-0.15, -0.1) is 11.3 Å². The molecule has 1 aromatic heterocycles. The van der Waals surface area contributed by atoms with Crippen molar-refractivity contribution in [2.45, 2.75) is 39.4 Å². The van der Waals surface area contributed by atoms with Crippen molar-refractivity contribution in [3.63, 3.8) is 0 Å². The van der Waals surface area contributed by atoms with E-state index >= 15 is 0 Å². The van der Waals surface area contributed by atoms with Crippen molar-refractivity contribution in [2.75, 3.05) is 0 Å². The first-order chi connectivity index (χ1) is 9.20. The van der Waals surface area contributed by atoms with Gasteiger partial charge in [0.25, 0.3) is 0 Å². The van der Waals surface area contributed by atoms with Crippen molar-refractivity contribution in [3.8, 4) is 5.75 Å². The number of hydrogen-bond acceptors (Lipinski definition) is 4. The first-order valence-electron chi connectivity index (χ1n) is 6.53. The van der Waals surface area contributed by atoms with Gasteiger partial charge in [0.05, 0.1) is 16.8 Å². The molecule has 0 aliphatic heterocycles. The van der Waals surface area contributed by atoms with Gasteiger partial charge in [-0.1, -0.05) is 25.1 Å². The summed E-state index contributed by atoms with van der Waals surface area (Å²) in [4.78, 5) is 4.52. The largest absolute Gasteiger partial charge is 0.487 e. The van der Waals surface area contributed by atoms with Gasteiger partial charge in [-0.05, 0) is 25.8 Å². The summed E-state index contributed by atoms with van der Waals surface area (Å²) < 4.78 is 5.76. The van der Waals surface area contributed by atoms with Crippen LogP contribution in [-0.4, -0.2) is 10.1 Å². The molecule has 0 unspecified atom stereocenters. The second kappa shape index (κ2) is 6.68. The maximum absolute atomic E-state index is 9.68. The van der Waals surface area contributed by atoms with Gasteiger partial charge in [-0.2, -0.15) is 0 Å². The van der Waals surface area contributed by atoms with E-state index in [1.807, 2.05) is 29.6 Å². The van der Waals surface area contributed by atoms with Gasteiger partial charge in [0, 0.05) is 10.9 Å². The van der Waals surface area contributed by atoms with E-state index < -0.39 is 6.10 Å². The molecule has 0 fully saturated rings. The van der Waals surface area contributed by atoms with Crippen LogP contribution < -0.4 is 4.74 Å². The summed E-state index contributed by atoms with van der Waals surface area (Å²) in [5.41, 5.74) is 1.76. The lowest BCUT2D eigenvalue weighted by molar-refractivity contribution is 0.190. The molecule has 0 radical (unpaired) electrons. The highest BCUT2D eigenvalue weighted by atomic mass is 32.1. The molecule has 4 heteroatoms. The SMILES string of the molecule is CCCc1nc(COc2ccccc2[C@H](C)O)cs1. The number of aliphatic hydroxyl groups is 1. The highest BCUT2D eigenvalue weighted by molar-refractivity contribution is 7.09. The Hall–Kier alpha value is -1.39. The van der Waals surface area contributed by atoms with E-state index in [0.717, 1.165) is 34.9 Å². The number of thiazole rings is 1. The standard InChI is InChI=1S/C15H19NO2S/c1-3-6-15-16-12(10-19-15)9-18-14-8-5-4-7-13(14)11(2)17/h4-5,7-8,10-11,17H,3,6,9H2,1-2H3/t11-/m0/s1. The van der Waals surface area contributed by atoms with Crippen molar-refractivity contribution < 1.29 is 9.84 Å². The van der Waals surface area contributed by atoms with Gasteiger partial charge in [0.15, 0.2) is 0 Å². The fourth-order valence-electron chi connectivity index (χ4n) is 1.85. The van der Waals surface area contributed by atoms with Gasteiger partial charge in [0.1, 0.15) is 12.4 Å². The Bertz CT molecular complexity index is 522. The summed E-state index contributed by atoms with van der Waals surface area (Å²) in [6, 6.07) is 7.56. The highest BCUT2D eigenvalue weighted by Crippen LogP contribution is 2.25. The number of aromatic nitrogens is 1. The molecule has 102 valence electrons. The van der Waals surface area contributed by atoms with E-state index in [4.69, 9.17) is 4.74 Å². The molecule has 1 aromatic carbocycles. The maximum atomic E-state index is 9.68. The Morgan fingerprint density at radius 2 is 2.16 bits per heavy atom. The van der Waals surface area contributed by atoms with Crippen LogP contribution in [0.4, 0.5) is 0 Å². The Kier molecular flexibility index (Phi) is 4.93. The monoisotopic (exact) mass is 277 g/mol. The first kappa shape index (κ1) is 14.0. The predicted molar refractivity (Wildman–Crippen MR) is 77.5 cm³/mol. The molecular formula is C15H19NO2S. The number of ether oxygens (including phenoxy) is 1. The minimum Gasteiger partial charge on any atom is -0.487 e. The Balaban J connectivity index is 2.01. The minimum atomic E-state index is -0.526. The second-order valence-corrected chi connectivity index (χ2v) is 5.43. The third-order valence-corrected chi connectivity index (χ3v) is 3.77. The zero-order valence-electron chi connectivity index (χ0n) is 11.3. The Morgan fingerprint density at radius 1 is 1.37 bits per heavy atom. The van der Waals surface area contributed by atoms with E-state index in [0.29, 0.717) is 6.61 Å². The average molecular weight is 277 g/mol. The van der Waals surface area contributed by atoms with Gasteiger partial charge in [0.2, 0.25) is 0 Å². The van der Waals surface area contributed by atoms with Crippen molar-refractivity contribution in [1.29, 1.82) is 0 Å². The van der Waals surface area contributed by atoms with Crippen molar-refractivity contribution >= 4 is 11.3 Å². The molecule has 0 spiro atoms. The summed E-state index contributed by atoms with van der Waals surface area (Å²) in [5.74, 6) is 0.725. The van der Waals surface area contributed by atoms with Crippen LogP contribution in [0.15, 0.2) is 29.6 Å². The number of aliphatic hydroxyl groups excluding tert-OH is 1. The van der Waals surface area contributed by atoms with Crippen LogP contribution in [0.25, 0.3) is 0 Å². The van der Waals surface area contributed by atoms with Crippen LogP contribution >= 0.6 is 11.3 Å². The smallest absolute Gasteiger partial charge is 0.131 e. The summed E-state index contributed by atoms with van der Waals surface area (Å²) in [6.45, 7) is 4.34. The number of para-hydroxylation sites is 1. The van der Waals surface area contributed by atoms with Crippen LogP contribution in [0.1, 0.15) is 42.6 Å². The lowest BCUT2D eigenvalue weighted by atomic mass is 10.1. The van der Waals surface area contributed by atoms with Crippen LogP contribution in [0, 0.1) is 0 Å². The Morgan fingerprint density at radius 3 is 2.89 bits per heavy atom. The molecule has 1 N–H and O–H groups in total. The third kappa shape index (κ3) is 3.78. The zero-order chi connectivity index (χ0) is 13.7. The predicted octanol–water partition coefficient (Wildman–Crippen LogP) is 3.73. The van der Waals surface area contributed by atoms with E-state index in [1.165, 1.54) is 0 Å². The van der Waals surface area contributed by atoms with E-state index in [-0.39, 0.29) is 0 Å². The van der Waals surface area contributed by atoms with Crippen LogP contribution in [0.2, 0.25) is 0 Å². The molecule has 0 bridgehead atoms. The van der Waals surface area contributed by atoms with Gasteiger partial charge in [-0.3, -0.25) is 0 Å². The van der Waals surface area contributed by atoms with Gasteiger partial charge < -0.3 is 9.84 Å². The van der Waals surface area contributed by atoms with E-state index in [2.05, 4.69) is 11.9 Å². The zero-order valence-corrected chi connectivity index (χ0v) is 12.1. The summed E-state index contributed by atoms with van der Waals surface area (Å²) >= 11 is 1.68. The maximum Gasteiger partial charge on any atom is 0.131 e. The number of aryl methyl sites for hydroxylation is 1. The summed E-state index contributed by atoms with van der Waals surface area (Å²) in [6.07, 6.45) is 1.61. The fourth-order valence-corrected chi connectivity index (χ4v) is 2.74. The van der Waals surface area contributed by atoms with Crippen molar-refractivity contribution in [3.05, 3.63) is 45.9 Å². The quantitative estimate of drug-likeness (QED) is 0.875. The molecule has 1 heterocycles. The normalized spacial score (nSPS) is 12.4. The number of benzene rings is 1. The van der Waals surface area contributed by atoms with Crippen molar-refractivity contribution in [1.82, 2.24) is 4.98 Å². The molecule has 2 aromatic rings. The molecule has 0 saturated heterocycles. The number of nitrogens with zero attached hydrogens (tertiary/aromatic N) is 1. The molecule has 0 aliphatic rings. The van der Waals surface area contributed by atoms with E-state index in [9.17, 15) is 5.11 Å². The topological polar surface area (TPSA) is 42.4 Å². The minimum absolute atomic E-state index is 0.448. The Labute approximate surface area is 117 Å². The second-order valence-electron chi connectivity index (χ2n) is 4.49. The molecule has 0 aliphatic carbocycles. The van der Waals surface area contributed by atoms with E-state index in [1.54, 1.807) is 18.3 Å². The molecule has 19 heavy (non-hydrogen) atoms. The summed E-state index contributed by atoms with van der Waals surface area (Å²) in [5, 5.41) is 12.9.